The van der Waals surface area contributed by atoms with Crippen molar-refractivity contribution in [3.8, 4) is 84.1 Å². The van der Waals surface area contributed by atoms with Crippen LogP contribution >= 0.6 is 0 Å². The van der Waals surface area contributed by atoms with E-state index in [2.05, 4.69) is 490 Å². The van der Waals surface area contributed by atoms with Gasteiger partial charge in [-0.15, -0.1) is 0 Å². The second-order valence-corrected chi connectivity index (χ2v) is 36.9. The van der Waals surface area contributed by atoms with Crippen LogP contribution in [0.25, 0.3) is 281 Å². The first kappa shape index (κ1) is 79.4. The lowest BCUT2D eigenvalue weighted by molar-refractivity contribution is 0.668. The second kappa shape index (κ2) is 31.8. The van der Waals surface area contributed by atoms with Crippen molar-refractivity contribution < 1.29 is 17.7 Å². The molecule has 9 nitrogen and oxygen atoms in total. The number of benzene rings is 22. The van der Waals surface area contributed by atoms with E-state index >= 15 is 0 Å². The normalized spacial score (nSPS) is 12.0. The lowest BCUT2D eigenvalue weighted by atomic mass is 9.98. The molecule has 9 heteroatoms. The smallest absolute Gasteiger partial charge is 0.135 e. The minimum Gasteiger partial charge on any atom is -0.456 e. The SMILES string of the molecule is c1cc(-c2ccc3oc4ccc(-n5c6ccccc6c6ccccc65)cc4c3c2)cc(-n2c3ccccc3c3ccccc32)c1.c1ccc(-n2c3ccc(-c4ccc5oc6ccccc6c5c4)cc3c3cc(-c4ccc5oc6ccccc6c5c4)ccc32)cc1.c1ccc(-n2c3ccccc3c3cc(-c4ccc5oc6ccc(-c7ccc8c(c7)c7ccccc7n8-c7ccccc7)cc6c5c4)ccc32)cc1. The van der Waals surface area contributed by atoms with Crippen molar-refractivity contribution in [1.29, 1.82) is 0 Å². The lowest BCUT2D eigenvalue weighted by Crippen LogP contribution is -1.94. The van der Waals surface area contributed by atoms with Gasteiger partial charge in [-0.25, -0.2) is 0 Å². The monoisotopic (exact) mass is 1800 g/mol. The maximum absolute atomic E-state index is 6.39. The first-order valence-corrected chi connectivity index (χ1v) is 48.0. The summed E-state index contributed by atoms with van der Waals surface area (Å²) in [7, 11) is 0. The van der Waals surface area contributed by atoms with Gasteiger partial charge in [-0.05, 0) is 280 Å². The molecule has 0 aliphatic heterocycles. The van der Waals surface area contributed by atoms with Crippen LogP contribution in [0.2, 0.25) is 0 Å². The largest absolute Gasteiger partial charge is 0.456 e. The molecule has 0 N–H and O–H groups in total. The third-order valence-electron chi connectivity index (χ3n) is 29.0. The van der Waals surface area contributed by atoms with Crippen molar-refractivity contribution in [3.05, 3.63) is 491 Å². The van der Waals surface area contributed by atoms with Crippen LogP contribution in [0.4, 0.5) is 0 Å². The van der Waals surface area contributed by atoms with Gasteiger partial charge in [-0.1, -0.05) is 267 Å². The summed E-state index contributed by atoms with van der Waals surface area (Å²) in [6.45, 7) is 0. The molecule has 0 radical (unpaired) electrons. The highest BCUT2D eigenvalue weighted by Gasteiger charge is 2.24. The van der Waals surface area contributed by atoms with Gasteiger partial charge in [0.15, 0.2) is 0 Å². The molecule has 141 heavy (non-hydrogen) atoms. The molecular weight excluding hydrogens is 1720 g/mol. The first-order valence-electron chi connectivity index (χ1n) is 48.0. The van der Waals surface area contributed by atoms with Gasteiger partial charge in [-0.3, -0.25) is 0 Å². The number of rotatable bonds is 10. The molecule has 9 heterocycles. The molecule has 658 valence electrons. The molecule has 0 atom stereocenters. The van der Waals surface area contributed by atoms with Gasteiger partial charge >= 0.3 is 0 Å². The molecule has 0 unspecified atom stereocenters. The van der Waals surface area contributed by atoms with E-state index in [0.717, 1.165) is 110 Å². The molecule has 0 amide bonds. The molecule has 0 aliphatic carbocycles. The fourth-order valence-corrected chi connectivity index (χ4v) is 22.5. The van der Waals surface area contributed by atoms with Gasteiger partial charge in [0.05, 0.1) is 55.2 Å². The van der Waals surface area contributed by atoms with Crippen LogP contribution in [0.1, 0.15) is 0 Å². The molecule has 0 spiro atoms. The van der Waals surface area contributed by atoms with Crippen molar-refractivity contribution in [1.82, 2.24) is 22.8 Å². The zero-order valence-corrected chi connectivity index (χ0v) is 76.1. The Bertz CT molecular complexity index is 10100. The van der Waals surface area contributed by atoms with Gasteiger partial charge in [0, 0.05) is 125 Å². The van der Waals surface area contributed by atoms with Crippen LogP contribution in [-0.4, -0.2) is 22.8 Å². The minimum absolute atomic E-state index is 0.894. The zero-order valence-electron chi connectivity index (χ0n) is 76.1. The van der Waals surface area contributed by atoms with E-state index in [0.29, 0.717) is 0 Å². The Morgan fingerprint density at radius 2 is 0.284 bits per heavy atom. The number of para-hydroxylation sites is 11. The Morgan fingerprint density at radius 1 is 0.0993 bits per heavy atom. The van der Waals surface area contributed by atoms with Crippen LogP contribution in [0, 0.1) is 0 Å². The molecule has 31 rings (SSSR count). The summed E-state index contributed by atoms with van der Waals surface area (Å²) in [5.41, 5.74) is 36.8. The quantitative estimate of drug-likeness (QED) is 0.137. The zero-order chi connectivity index (χ0) is 92.4. The standard InChI is InChI=1S/C48H30N2O.C42H26N2O.C42H25NO2/c1-3-11-35(12-4-1)49-43-17-9-7-15-37(43)39-27-31(19-23-45(39)49)33-21-25-47-41(29-33)42-30-34(22-26-48(42)51-47)32-20-24-46-40(28-32)38-16-8-10-18-44(38)50(46)36-13-5-2-6-14-36;1-5-16-37-31(12-1)32-13-2-6-17-38(32)43(37)29-11-9-10-27(24-29)28-20-22-41-35(25-28)36-26-30(21-23-42(36)45-41)44-39-18-7-3-14-33(39)34-15-4-8-19-40(34)44;1-2-8-30(9-3-1)43-37-18-14-26(28-16-20-41-35(24-28)31-10-4-6-12-39(31)44-41)22-33(37)34-23-27(15-19-38(34)43)29-17-21-42-36(25-29)32-11-5-7-13-40(32)45-42/h1-30H;1-26H;1-25H. The van der Waals surface area contributed by atoms with E-state index in [1.807, 2.05) is 24.3 Å². The van der Waals surface area contributed by atoms with Gasteiger partial charge in [0.2, 0.25) is 0 Å². The molecule has 0 saturated carbocycles. The van der Waals surface area contributed by atoms with E-state index in [-0.39, 0.29) is 0 Å². The van der Waals surface area contributed by atoms with Crippen molar-refractivity contribution in [2.45, 2.75) is 0 Å². The van der Waals surface area contributed by atoms with Crippen LogP contribution < -0.4 is 0 Å². The molecule has 0 fully saturated rings. The van der Waals surface area contributed by atoms with Gasteiger partial charge in [-0.2, -0.15) is 0 Å². The summed E-state index contributed by atoms with van der Waals surface area (Å²) in [5, 5.41) is 21.5. The third kappa shape index (κ3) is 12.9. The Kier molecular flexibility index (Phi) is 17.9. The van der Waals surface area contributed by atoms with Crippen LogP contribution in [0.15, 0.2) is 509 Å². The predicted octanol–water partition coefficient (Wildman–Crippen LogP) is 36.5. The van der Waals surface area contributed by atoms with Crippen LogP contribution in [-0.2, 0) is 0 Å². The summed E-state index contributed by atoms with van der Waals surface area (Å²) in [5.74, 6) is 0. The fraction of sp³-hybridized carbons (Fsp3) is 0. The molecule has 0 saturated heterocycles. The maximum atomic E-state index is 6.39. The molecular formula is C132H81N5O4. The summed E-state index contributed by atoms with van der Waals surface area (Å²) >= 11 is 0. The van der Waals surface area contributed by atoms with E-state index in [4.69, 9.17) is 17.7 Å². The van der Waals surface area contributed by atoms with Gasteiger partial charge < -0.3 is 40.5 Å². The Morgan fingerprint density at radius 3 is 0.589 bits per heavy atom. The molecule has 31 aromatic rings. The van der Waals surface area contributed by atoms with Crippen LogP contribution in [0.5, 0.6) is 0 Å². The number of furan rings is 4. The number of nitrogens with zero attached hydrogens (tertiary/aromatic N) is 5. The molecule has 0 bridgehead atoms. The van der Waals surface area contributed by atoms with E-state index in [1.54, 1.807) is 0 Å². The Labute approximate surface area is 807 Å². The number of hydrogen-bond donors (Lipinski definition) is 0. The fourth-order valence-electron chi connectivity index (χ4n) is 22.5. The van der Waals surface area contributed by atoms with Crippen molar-refractivity contribution >= 4 is 197 Å². The minimum atomic E-state index is 0.894. The average Bonchev–Trinajstić information content (AvgIpc) is 1.57. The highest BCUT2D eigenvalue weighted by Crippen LogP contribution is 2.47. The second-order valence-electron chi connectivity index (χ2n) is 36.9. The molecule has 9 aromatic heterocycles. The van der Waals surface area contributed by atoms with Crippen LogP contribution in [0.3, 0.4) is 0 Å². The number of hydrogen-bond acceptors (Lipinski definition) is 4. The van der Waals surface area contributed by atoms with Crippen molar-refractivity contribution in [3.63, 3.8) is 0 Å². The topological polar surface area (TPSA) is 77.2 Å². The van der Waals surface area contributed by atoms with E-state index in [1.165, 1.54) is 170 Å². The Hall–Kier alpha value is -19.0. The third-order valence-corrected chi connectivity index (χ3v) is 29.0. The maximum Gasteiger partial charge on any atom is 0.135 e. The van der Waals surface area contributed by atoms with Crippen molar-refractivity contribution in [2.24, 2.45) is 0 Å². The first-order chi connectivity index (χ1) is 69.9. The predicted molar refractivity (Wildman–Crippen MR) is 587 cm³/mol. The van der Waals surface area contributed by atoms with Gasteiger partial charge in [0.25, 0.3) is 0 Å². The number of fused-ring (bicyclic) bond motifs is 27. The van der Waals surface area contributed by atoms with Gasteiger partial charge in [0.1, 0.15) is 44.7 Å². The lowest BCUT2D eigenvalue weighted by Gasteiger charge is -2.10. The highest BCUT2D eigenvalue weighted by atomic mass is 16.3. The number of aromatic nitrogens is 5. The summed E-state index contributed by atoms with van der Waals surface area (Å²) in [6.07, 6.45) is 0. The Balaban J connectivity index is 0.000000102. The van der Waals surface area contributed by atoms with Crippen molar-refractivity contribution in [2.75, 3.05) is 0 Å². The van der Waals surface area contributed by atoms with E-state index < -0.39 is 0 Å². The summed E-state index contributed by atoms with van der Waals surface area (Å²) in [6, 6.07) is 176. The van der Waals surface area contributed by atoms with E-state index in [9.17, 15) is 0 Å². The average molecular weight is 1800 g/mol. The molecule has 0 aliphatic rings. The highest BCUT2D eigenvalue weighted by molar-refractivity contribution is 6.18. The summed E-state index contributed by atoms with van der Waals surface area (Å²) < 4.78 is 36.8. The summed E-state index contributed by atoms with van der Waals surface area (Å²) in [4.78, 5) is 0. The molecule has 22 aromatic carbocycles.